The van der Waals surface area contributed by atoms with Crippen LogP contribution in [0.15, 0.2) is 60.2 Å². The predicted molar refractivity (Wildman–Crippen MR) is 151 cm³/mol. The molecular formula is C27H21Cl2IN2O5. The van der Waals surface area contributed by atoms with E-state index in [1.807, 2.05) is 19.9 Å². The number of halogens is 3. The molecule has 3 aromatic carbocycles. The van der Waals surface area contributed by atoms with Gasteiger partial charge in [-0.05, 0) is 90.0 Å². The maximum atomic E-state index is 13.2. The van der Waals surface area contributed by atoms with Crippen molar-refractivity contribution in [2.45, 2.75) is 20.5 Å². The minimum absolute atomic E-state index is 0.180. The molecule has 0 aliphatic carbocycles. The number of rotatable bonds is 7. The molecule has 7 nitrogen and oxygen atoms in total. The van der Waals surface area contributed by atoms with Crippen LogP contribution in [0.3, 0.4) is 0 Å². The van der Waals surface area contributed by atoms with E-state index in [1.54, 1.807) is 48.5 Å². The van der Waals surface area contributed by atoms with Gasteiger partial charge in [-0.3, -0.25) is 14.9 Å². The van der Waals surface area contributed by atoms with Gasteiger partial charge >= 0.3 is 6.03 Å². The average molecular weight is 651 g/mol. The highest BCUT2D eigenvalue weighted by Crippen LogP contribution is 2.36. The molecule has 1 N–H and O–H groups in total. The molecule has 0 saturated carbocycles. The third kappa shape index (κ3) is 6.08. The van der Waals surface area contributed by atoms with Crippen molar-refractivity contribution < 1.29 is 23.9 Å². The molecule has 0 radical (unpaired) electrons. The smallest absolute Gasteiger partial charge is 0.335 e. The van der Waals surface area contributed by atoms with Crippen LogP contribution in [0.25, 0.3) is 6.08 Å². The standard InChI is InChI=1S/C27H21Cl2IN2O5/c1-3-36-23-12-16(11-22(30)24(23)37-14-17-7-8-18(28)13-21(17)29)10-20-25(33)31-27(35)32(26(20)34)19-6-4-5-15(2)9-19/h4-13H,3,14H2,1-2H3,(H,31,33,35)/b20-10+. The Morgan fingerprint density at radius 2 is 1.81 bits per heavy atom. The first-order valence-corrected chi connectivity index (χ1v) is 13.0. The van der Waals surface area contributed by atoms with E-state index in [9.17, 15) is 14.4 Å². The number of hydrogen-bond donors (Lipinski definition) is 1. The van der Waals surface area contributed by atoms with E-state index in [-0.39, 0.29) is 12.2 Å². The number of ether oxygens (including phenoxy) is 2. The molecule has 4 rings (SSSR count). The highest BCUT2D eigenvalue weighted by atomic mass is 127. The topological polar surface area (TPSA) is 84.9 Å². The van der Waals surface area contributed by atoms with Gasteiger partial charge in [0.05, 0.1) is 15.9 Å². The fourth-order valence-electron chi connectivity index (χ4n) is 3.69. The molecule has 1 aliphatic heterocycles. The van der Waals surface area contributed by atoms with Crippen molar-refractivity contribution in [3.05, 3.63) is 90.5 Å². The lowest BCUT2D eigenvalue weighted by Gasteiger charge is -2.26. The van der Waals surface area contributed by atoms with Gasteiger partial charge in [-0.15, -0.1) is 0 Å². The van der Waals surface area contributed by atoms with Crippen molar-refractivity contribution in [3.63, 3.8) is 0 Å². The summed E-state index contributed by atoms with van der Waals surface area (Å²) in [6.45, 7) is 4.23. The molecule has 1 heterocycles. The van der Waals surface area contributed by atoms with E-state index in [2.05, 4.69) is 27.9 Å². The highest BCUT2D eigenvalue weighted by molar-refractivity contribution is 14.1. The van der Waals surface area contributed by atoms with E-state index < -0.39 is 17.8 Å². The molecule has 0 aromatic heterocycles. The predicted octanol–water partition coefficient (Wildman–Crippen LogP) is 6.55. The van der Waals surface area contributed by atoms with Crippen molar-refractivity contribution in [2.75, 3.05) is 11.5 Å². The summed E-state index contributed by atoms with van der Waals surface area (Å²) in [5.41, 5.74) is 2.34. The molecule has 0 bridgehead atoms. The minimum atomic E-state index is -0.799. The quantitative estimate of drug-likeness (QED) is 0.178. The normalized spacial score (nSPS) is 14.7. The van der Waals surface area contributed by atoms with Crippen LogP contribution in [0, 0.1) is 10.5 Å². The maximum Gasteiger partial charge on any atom is 0.335 e. The van der Waals surface area contributed by atoms with Crippen molar-refractivity contribution >= 4 is 75.4 Å². The van der Waals surface area contributed by atoms with Gasteiger partial charge in [0.2, 0.25) is 0 Å². The Balaban J connectivity index is 1.66. The number of nitrogens with one attached hydrogen (secondary N) is 1. The number of urea groups is 1. The molecular weight excluding hydrogens is 630 g/mol. The van der Waals surface area contributed by atoms with Crippen LogP contribution in [0.1, 0.15) is 23.6 Å². The first-order chi connectivity index (χ1) is 17.7. The Kier molecular flexibility index (Phi) is 8.41. The first kappa shape index (κ1) is 27.0. The third-order valence-corrected chi connectivity index (χ3v) is 6.78. The number of anilines is 1. The summed E-state index contributed by atoms with van der Waals surface area (Å²) in [4.78, 5) is 39.3. The lowest BCUT2D eigenvalue weighted by Crippen LogP contribution is -2.54. The van der Waals surface area contributed by atoms with Gasteiger partial charge in [0.1, 0.15) is 12.2 Å². The number of amides is 4. The van der Waals surface area contributed by atoms with Crippen molar-refractivity contribution in [2.24, 2.45) is 0 Å². The SMILES string of the molecule is CCOc1cc(/C=C2\C(=O)NC(=O)N(c3cccc(C)c3)C2=O)cc(I)c1OCc1ccc(Cl)cc1Cl. The van der Waals surface area contributed by atoms with Crippen LogP contribution in [-0.2, 0) is 16.2 Å². The fourth-order valence-corrected chi connectivity index (χ4v) is 4.93. The summed E-state index contributed by atoms with van der Waals surface area (Å²) in [7, 11) is 0. The van der Waals surface area contributed by atoms with Crippen LogP contribution in [0.2, 0.25) is 10.0 Å². The van der Waals surface area contributed by atoms with Gasteiger partial charge in [-0.2, -0.15) is 0 Å². The summed E-state index contributed by atoms with van der Waals surface area (Å²) >= 11 is 14.3. The average Bonchev–Trinajstić information content (AvgIpc) is 2.82. The number of hydrogen-bond acceptors (Lipinski definition) is 5. The summed E-state index contributed by atoms with van der Waals surface area (Å²) in [6, 6.07) is 14.7. The number of aryl methyl sites for hydroxylation is 1. The number of benzene rings is 3. The summed E-state index contributed by atoms with van der Waals surface area (Å²) in [6.07, 6.45) is 1.43. The maximum absolute atomic E-state index is 13.2. The molecule has 1 fully saturated rings. The first-order valence-electron chi connectivity index (χ1n) is 11.2. The minimum Gasteiger partial charge on any atom is -0.490 e. The molecule has 190 valence electrons. The zero-order chi connectivity index (χ0) is 26.7. The van der Waals surface area contributed by atoms with Crippen molar-refractivity contribution in [1.29, 1.82) is 0 Å². The second kappa shape index (κ2) is 11.5. The van der Waals surface area contributed by atoms with E-state index in [0.29, 0.717) is 43.0 Å². The molecule has 1 aliphatic rings. The Hall–Kier alpha value is -3.08. The summed E-state index contributed by atoms with van der Waals surface area (Å²) < 4.78 is 12.5. The Morgan fingerprint density at radius 3 is 2.51 bits per heavy atom. The summed E-state index contributed by atoms with van der Waals surface area (Å²) in [5.74, 6) is -0.567. The number of barbiturate groups is 1. The zero-order valence-corrected chi connectivity index (χ0v) is 23.5. The summed E-state index contributed by atoms with van der Waals surface area (Å²) in [5, 5.41) is 3.25. The molecule has 0 spiro atoms. The largest absolute Gasteiger partial charge is 0.490 e. The Morgan fingerprint density at radius 1 is 1.03 bits per heavy atom. The van der Waals surface area contributed by atoms with Gasteiger partial charge in [0.15, 0.2) is 11.5 Å². The van der Waals surface area contributed by atoms with Gasteiger partial charge in [-0.25, -0.2) is 9.69 Å². The molecule has 10 heteroatoms. The molecule has 0 unspecified atom stereocenters. The van der Waals surface area contributed by atoms with E-state index in [4.69, 9.17) is 32.7 Å². The monoisotopic (exact) mass is 650 g/mol. The molecule has 1 saturated heterocycles. The van der Waals surface area contributed by atoms with Crippen LogP contribution < -0.4 is 19.7 Å². The van der Waals surface area contributed by atoms with Crippen LogP contribution in [-0.4, -0.2) is 24.5 Å². The van der Waals surface area contributed by atoms with E-state index in [0.717, 1.165) is 16.0 Å². The second-order valence-corrected chi connectivity index (χ2v) is 10.1. The molecule has 4 amide bonds. The van der Waals surface area contributed by atoms with Crippen LogP contribution >= 0.6 is 45.8 Å². The molecule has 3 aromatic rings. The van der Waals surface area contributed by atoms with Gasteiger partial charge < -0.3 is 9.47 Å². The van der Waals surface area contributed by atoms with Gasteiger partial charge in [-0.1, -0.05) is 41.4 Å². The number of carbonyl (C=O) groups is 3. The van der Waals surface area contributed by atoms with E-state index in [1.165, 1.54) is 6.08 Å². The van der Waals surface area contributed by atoms with Crippen molar-refractivity contribution in [3.8, 4) is 11.5 Å². The Bertz CT molecular complexity index is 1440. The molecule has 0 atom stereocenters. The van der Waals surface area contributed by atoms with Gasteiger partial charge in [0, 0.05) is 15.6 Å². The van der Waals surface area contributed by atoms with Crippen molar-refractivity contribution in [1.82, 2.24) is 5.32 Å². The lowest BCUT2D eigenvalue weighted by atomic mass is 10.1. The lowest BCUT2D eigenvalue weighted by molar-refractivity contribution is -0.122. The number of nitrogens with zero attached hydrogens (tertiary/aromatic N) is 1. The second-order valence-electron chi connectivity index (χ2n) is 8.08. The number of imide groups is 2. The number of carbonyl (C=O) groups excluding carboxylic acids is 3. The third-order valence-electron chi connectivity index (χ3n) is 5.39. The fraction of sp³-hybridized carbons (Fsp3) is 0.148. The van der Waals surface area contributed by atoms with Crippen LogP contribution in [0.5, 0.6) is 11.5 Å². The Labute approximate surface area is 237 Å². The molecule has 37 heavy (non-hydrogen) atoms. The van der Waals surface area contributed by atoms with Gasteiger partial charge in [0.25, 0.3) is 11.8 Å². The van der Waals surface area contributed by atoms with Crippen LogP contribution in [0.4, 0.5) is 10.5 Å². The zero-order valence-electron chi connectivity index (χ0n) is 19.8. The van der Waals surface area contributed by atoms with E-state index >= 15 is 0 Å². The highest BCUT2D eigenvalue weighted by Gasteiger charge is 2.37.